The molecule has 0 aliphatic rings. The van der Waals surface area contributed by atoms with Crippen LogP contribution in [0.5, 0.6) is 11.5 Å². The Morgan fingerprint density at radius 1 is 0.958 bits per heavy atom. The fourth-order valence-electron chi connectivity index (χ4n) is 2.34. The fraction of sp³-hybridized carbons (Fsp3) is 0.429. The second-order valence-corrected chi connectivity index (χ2v) is 7.03. The molecule has 0 amide bonds. The van der Waals surface area contributed by atoms with Gasteiger partial charge in [-0.2, -0.15) is 0 Å². The molecule has 0 fully saturated rings. The lowest BCUT2D eigenvalue weighted by molar-refractivity contribution is 0.268. The van der Waals surface area contributed by atoms with E-state index in [0.717, 1.165) is 18.0 Å². The van der Waals surface area contributed by atoms with E-state index in [1.807, 2.05) is 25.1 Å². The molecule has 2 aromatic carbocycles. The van der Waals surface area contributed by atoms with Crippen LogP contribution in [0.4, 0.5) is 0 Å². The van der Waals surface area contributed by atoms with Gasteiger partial charge in [0.1, 0.15) is 6.61 Å². The topological polar surface area (TPSA) is 30.5 Å². The van der Waals surface area contributed by atoms with Crippen molar-refractivity contribution in [3.05, 3.63) is 59.2 Å². The zero-order valence-corrected chi connectivity index (χ0v) is 15.5. The Morgan fingerprint density at radius 3 is 2.38 bits per heavy atom. The number of nitrogens with one attached hydrogen (secondary N) is 1. The molecule has 130 valence electrons. The summed E-state index contributed by atoms with van der Waals surface area (Å²) in [4.78, 5) is 0. The first-order chi connectivity index (χ1) is 11.4. The third-order valence-electron chi connectivity index (χ3n) is 3.78. The van der Waals surface area contributed by atoms with Gasteiger partial charge in [0, 0.05) is 12.1 Å². The van der Waals surface area contributed by atoms with E-state index in [-0.39, 0.29) is 5.54 Å². The highest BCUT2D eigenvalue weighted by Gasteiger charge is 2.11. The molecule has 0 unspecified atom stereocenters. The van der Waals surface area contributed by atoms with Crippen LogP contribution in [0.25, 0.3) is 0 Å². The number of aryl methyl sites for hydroxylation is 1. The van der Waals surface area contributed by atoms with Crippen molar-refractivity contribution < 1.29 is 9.47 Å². The quantitative estimate of drug-likeness (QED) is 0.787. The molecule has 0 saturated heterocycles. The van der Waals surface area contributed by atoms with Crippen LogP contribution in [-0.2, 0) is 13.2 Å². The SMILES string of the molecule is CCOc1cc(CNC(C)(C)C)ccc1OCc1ccccc1C. The lowest BCUT2D eigenvalue weighted by Gasteiger charge is -2.21. The molecular weight excluding hydrogens is 298 g/mol. The summed E-state index contributed by atoms with van der Waals surface area (Å²) in [6, 6.07) is 14.4. The maximum absolute atomic E-state index is 6.01. The van der Waals surface area contributed by atoms with E-state index in [4.69, 9.17) is 9.47 Å². The minimum atomic E-state index is 0.0891. The van der Waals surface area contributed by atoms with Crippen molar-refractivity contribution in [3.8, 4) is 11.5 Å². The molecule has 0 aliphatic carbocycles. The molecule has 2 aromatic rings. The predicted molar refractivity (Wildman–Crippen MR) is 99.7 cm³/mol. The van der Waals surface area contributed by atoms with Crippen molar-refractivity contribution in [1.29, 1.82) is 0 Å². The second-order valence-electron chi connectivity index (χ2n) is 7.03. The summed E-state index contributed by atoms with van der Waals surface area (Å²) in [7, 11) is 0. The number of ether oxygens (including phenoxy) is 2. The Bertz CT molecular complexity index is 659. The highest BCUT2D eigenvalue weighted by Crippen LogP contribution is 2.29. The summed E-state index contributed by atoms with van der Waals surface area (Å²) in [5, 5.41) is 3.50. The largest absolute Gasteiger partial charge is 0.490 e. The Morgan fingerprint density at radius 2 is 1.71 bits per heavy atom. The summed E-state index contributed by atoms with van der Waals surface area (Å²) < 4.78 is 11.8. The monoisotopic (exact) mass is 327 g/mol. The molecule has 3 nitrogen and oxygen atoms in total. The lowest BCUT2D eigenvalue weighted by Crippen LogP contribution is -2.35. The van der Waals surface area contributed by atoms with Crippen LogP contribution >= 0.6 is 0 Å². The van der Waals surface area contributed by atoms with E-state index in [2.05, 4.69) is 57.3 Å². The van der Waals surface area contributed by atoms with Gasteiger partial charge in [-0.05, 0) is 63.4 Å². The molecule has 0 spiro atoms. The third-order valence-corrected chi connectivity index (χ3v) is 3.78. The van der Waals surface area contributed by atoms with Crippen molar-refractivity contribution in [1.82, 2.24) is 5.32 Å². The first kappa shape index (κ1) is 18.3. The molecular formula is C21H29NO2. The predicted octanol–water partition coefficient (Wildman–Crippen LogP) is 4.86. The average Bonchev–Trinajstić information content (AvgIpc) is 2.53. The Labute approximate surface area is 146 Å². The molecule has 0 aliphatic heterocycles. The van der Waals surface area contributed by atoms with Gasteiger partial charge in [0.05, 0.1) is 6.61 Å². The molecule has 0 heterocycles. The average molecular weight is 327 g/mol. The van der Waals surface area contributed by atoms with Crippen molar-refractivity contribution >= 4 is 0 Å². The van der Waals surface area contributed by atoms with Gasteiger partial charge in [0.15, 0.2) is 11.5 Å². The van der Waals surface area contributed by atoms with Crippen LogP contribution in [0.15, 0.2) is 42.5 Å². The molecule has 3 heteroatoms. The first-order valence-electron chi connectivity index (χ1n) is 8.57. The van der Waals surface area contributed by atoms with E-state index in [1.165, 1.54) is 16.7 Å². The number of benzene rings is 2. The van der Waals surface area contributed by atoms with Gasteiger partial charge in [-0.3, -0.25) is 0 Å². The summed E-state index contributed by atoms with van der Waals surface area (Å²) in [6.45, 7) is 12.6. The van der Waals surface area contributed by atoms with Crippen molar-refractivity contribution in [2.24, 2.45) is 0 Å². The smallest absolute Gasteiger partial charge is 0.161 e. The number of rotatable bonds is 7. The van der Waals surface area contributed by atoms with Crippen molar-refractivity contribution in [2.45, 2.75) is 53.3 Å². The number of hydrogen-bond acceptors (Lipinski definition) is 3. The second kappa shape index (κ2) is 8.20. The van der Waals surface area contributed by atoms with Gasteiger partial charge in [0.25, 0.3) is 0 Å². The standard InChI is InChI=1S/C21H29NO2/c1-6-23-20-13-17(14-22-21(3,4)5)11-12-19(20)24-15-18-10-8-7-9-16(18)2/h7-13,22H,6,14-15H2,1-5H3. The van der Waals surface area contributed by atoms with Crippen LogP contribution in [-0.4, -0.2) is 12.1 Å². The van der Waals surface area contributed by atoms with Crippen molar-refractivity contribution in [2.75, 3.05) is 6.61 Å². The van der Waals surface area contributed by atoms with Gasteiger partial charge in [-0.1, -0.05) is 30.3 Å². The Balaban J connectivity index is 2.10. The molecule has 24 heavy (non-hydrogen) atoms. The third kappa shape index (κ3) is 5.57. The van der Waals surface area contributed by atoms with Crippen LogP contribution in [0.1, 0.15) is 44.4 Å². The molecule has 0 bridgehead atoms. The van der Waals surface area contributed by atoms with E-state index >= 15 is 0 Å². The Kier molecular flexibility index (Phi) is 6.27. The summed E-state index contributed by atoms with van der Waals surface area (Å²) in [6.07, 6.45) is 0. The van der Waals surface area contributed by atoms with Crippen molar-refractivity contribution in [3.63, 3.8) is 0 Å². The van der Waals surface area contributed by atoms with Crippen LogP contribution in [0, 0.1) is 6.92 Å². The fourth-order valence-corrected chi connectivity index (χ4v) is 2.34. The van der Waals surface area contributed by atoms with E-state index in [0.29, 0.717) is 13.2 Å². The van der Waals surface area contributed by atoms with E-state index < -0.39 is 0 Å². The molecule has 2 rings (SSSR count). The minimum absolute atomic E-state index is 0.0891. The van der Waals surface area contributed by atoms with Gasteiger partial charge >= 0.3 is 0 Å². The van der Waals surface area contributed by atoms with Gasteiger partial charge in [0.2, 0.25) is 0 Å². The number of hydrogen-bond donors (Lipinski definition) is 1. The molecule has 0 aromatic heterocycles. The van der Waals surface area contributed by atoms with Gasteiger partial charge in [-0.15, -0.1) is 0 Å². The van der Waals surface area contributed by atoms with Gasteiger partial charge in [-0.25, -0.2) is 0 Å². The minimum Gasteiger partial charge on any atom is -0.490 e. The lowest BCUT2D eigenvalue weighted by atomic mass is 10.1. The molecule has 0 saturated carbocycles. The van der Waals surface area contributed by atoms with Crippen LogP contribution in [0.2, 0.25) is 0 Å². The van der Waals surface area contributed by atoms with Gasteiger partial charge < -0.3 is 14.8 Å². The highest BCUT2D eigenvalue weighted by atomic mass is 16.5. The van der Waals surface area contributed by atoms with Crippen LogP contribution in [0.3, 0.4) is 0 Å². The normalized spacial score (nSPS) is 11.4. The van der Waals surface area contributed by atoms with E-state index in [9.17, 15) is 0 Å². The zero-order chi connectivity index (χ0) is 17.6. The summed E-state index contributed by atoms with van der Waals surface area (Å²) in [5.41, 5.74) is 3.71. The van der Waals surface area contributed by atoms with E-state index in [1.54, 1.807) is 0 Å². The van der Waals surface area contributed by atoms with Crippen LogP contribution < -0.4 is 14.8 Å². The Hall–Kier alpha value is -2.00. The maximum Gasteiger partial charge on any atom is 0.161 e. The molecule has 0 radical (unpaired) electrons. The highest BCUT2D eigenvalue weighted by molar-refractivity contribution is 5.43. The molecule has 1 N–H and O–H groups in total. The molecule has 0 atom stereocenters. The first-order valence-corrected chi connectivity index (χ1v) is 8.57. The summed E-state index contributed by atoms with van der Waals surface area (Å²) in [5.74, 6) is 1.60. The summed E-state index contributed by atoms with van der Waals surface area (Å²) >= 11 is 0. The maximum atomic E-state index is 6.01. The zero-order valence-electron chi connectivity index (χ0n) is 15.5.